The van der Waals surface area contributed by atoms with Gasteiger partial charge in [-0.05, 0) is 33.8 Å². The highest BCUT2D eigenvalue weighted by Crippen LogP contribution is 2.38. The highest BCUT2D eigenvalue weighted by Gasteiger charge is 2.37. The molecular weight excluding hydrogens is 427 g/mol. The minimum Gasteiger partial charge on any atom is -0.492 e. The van der Waals surface area contributed by atoms with Crippen LogP contribution in [0.25, 0.3) is 5.78 Å². The lowest BCUT2D eigenvalue weighted by Gasteiger charge is -2.15. The Kier molecular flexibility index (Phi) is 5.43. The monoisotopic (exact) mass is 449 g/mol. The van der Waals surface area contributed by atoms with E-state index in [0.29, 0.717) is 40.7 Å². The molecule has 0 radical (unpaired) electrons. The van der Waals surface area contributed by atoms with Crippen molar-refractivity contribution in [3.05, 3.63) is 40.5 Å². The second-order valence-corrected chi connectivity index (χ2v) is 7.65. The van der Waals surface area contributed by atoms with Crippen molar-refractivity contribution in [1.82, 2.24) is 19.6 Å². The molecule has 1 atom stereocenters. The van der Waals surface area contributed by atoms with E-state index in [1.165, 1.54) is 0 Å². The minimum absolute atomic E-state index is 0.0396. The van der Waals surface area contributed by atoms with Crippen LogP contribution in [0.3, 0.4) is 0 Å². The molecule has 2 aromatic heterocycles. The van der Waals surface area contributed by atoms with Crippen LogP contribution in [0.2, 0.25) is 0 Å². The van der Waals surface area contributed by atoms with Crippen molar-refractivity contribution in [3.63, 3.8) is 0 Å². The molecule has 0 fully saturated rings. The Morgan fingerprint density at radius 3 is 2.75 bits per heavy atom. The van der Waals surface area contributed by atoms with Gasteiger partial charge in [0.1, 0.15) is 17.6 Å². The average Bonchev–Trinajstić information content (AvgIpc) is 3.28. The van der Waals surface area contributed by atoms with E-state index in [2.05, 4.69) is 20.4 Å². The number of hydrogen-bond acceptors (Lipinski definition) is 6. The molecule has 1 amide bonds. The van der Waals surface area contributed by atoms with Gasteiger partial charge in [-0.3, -0.25) is 4.79 Å². The zero-order valence-electron chi connectivity index (χ0n) is 18.0. The maximum absolute atomic E-state index is 13.0. The largest absolute Gasteiger partial charge is 0.492 e. The third-order valence-electron chi connectivity index (χ3n) is 5.21. The Morgan fingerprint density at radius 1 is 1.31 bits per heavy atom. The summed E-state index contributed by atoms with van der Waals surface area (Å²) in [5, 5.41) is 6.33. The number of alkyl halides is 3. The average molecular weight is 449 g/mol. The van der Waals surface area contributed by atoms with Gasteiger partial charge in [0, 0.05) is 35.0 Å². The van der Waals surface area contributed by atoms with Gasteiger partial charge >= 0.3 is 6.18 Å². The van der Waals surface area contributed by atoms with Crippen LogP contribution in [-0.4, -0.2) is 38.2 Å². The molecule has 3 aromatic rings. The van der Waals surface area contributed by atoms with E-state index in [1.807, 2.05) is 19.9 Å². The summed E-state index contributed by atoms with van der Waals surface area (Å²) in [5.41, 5.74) is 2.71. The van der Waals surface area contributed by atoms with E-state index in [1.54, 1.807) is 19.9 Å². The van der Waals surface area contributed by atoms with Crippen LogP contribution in [0.15, 0.2) is 12.1 Å². The lowest BCUT2D eigenvalue weighted by Crippen LogP contribution is -2.18. The standard InChI is InChI=1S/C21H22F3N5O3/c1-5-31-17-7-13-6-10(2)32-16(13)9-15(17)26-18(30)8-14-11(3)25-20-27-19(21(22,23)24)28-29(20)12(14)4/h7,9-10H,5-6,8H2,1-4H3,(H,26,30). The number of carbonyl (C=O) groups is 1. The SMILES string of the molecule is CCOc1cc2c(cc1NC(=O)Cc1c(C)nc3nc(C(F)(F)F)nn3c1C)OC(C)C2. The predicted molar refractivity (Wildman–Crippen MR) is 109 cm³/mol. The smallest absolute Gasteiger partial charge is 0.453 e. The van der Waals surface area contributed by atoms with Crippen molar-refractivity contribution in [1.29, 1.82) is 0 Å². The summed E-state index contributed by atoms with van der Waals surface area (Å²) in [7, 11) is 0. The molecule has 1 aliphatic heterocycles. The Hall–Kier alpha value is -3.37. The van der Waals surface area contributed by atoms with Gasteiger partial charge in [0.05, 0.1) is 18.7 Å². The fourth-order valence-electron chi connectivity index (χ4n) is 3.75. The van der Waals surface area contributed by atoms with Crippen LogP contribution in [-0.2, 0) is 23.8 Å². The number of fused-ring (bicyclic) bond motifs is 2. The van der Waals surface area contributed by atoms with E-state index in [4.69, 9.17) is 9.47 Å². The summed E-state index contributed by atoms with van der Waals surface area (Å²) in [6.07, 6.45) is -4.00. The fraction of sp³-hybridized carbons (Fsp3) is 0.429. The third kappa shape index (κ3) is 4.06. The number of nitrogens with one attached hydrogen (secondary N) is 1. The topological polar surface area (TPSA) is 90.6 Å². The number of nitrogens with zero attached hydrogens (tertiary/aromatic N) is 4. The van der Waals surface area contributed by atoms with Crippen molar-refractivity contribution in [2.45, 2.75) is 52.8 Å². The zero-order chi connectivity index (χ0) is 23.2. The Bertz CT molecular complexity index is 1210. The number of aryl methyl sites for hydroxylation is 2. The van der Waals surface area contributed by atoms with Gasteiger partial charge in [-0.15, -0.1) is 5.10 Å². The molecule has 0 spiro atoms. The van der Waals surface area contributed by atoms with Crippen LogP contribution in [0.5, 0.6) is 11.5 Å². The van der Waals surface area contributed by atoms with Crippen LogP contribution in [0, 0.1) is 13.8 Å². The summed E-state index contributed by atoms with van der Waals surface area (Å²) in [4.78, 5) is 20.4. The van der Waals surface area contributed by atoms with E-state index < -0.39 is 12.0 Å². The number of benzene rings is 1. The molecule has 1 aliphatic rings. The molecule has 8 nitrogen and oxygen atoms in total. The van der Waals surface area contributed by atoms with Gasteiger partial charge in [0.2, 0.25) is 5.91 Å². The molecule has 0 bridgehead atoms. The number of carbonyl (C=O) groups excluding carboxylic acids is 1. The summed E-state index contributed by atoms with van der Waals surface area (Å²) >= 11 is 0. The Labute approximate surface area is 181 Å². The predicted octanol–water partition coefficient (Wildman–Crippen LogP) is 3.66. The lowest BCUT2D eigenvalue weighted by atomic mass is 10.1. The first-order valence-corrected chi connectivity index (χ1v) is 10.1. The van der Waals surface area contributed by atoms with Gasteiger partial charge in [0.15, 0.2) is 0 Å². The molecule has 1 unspecified atom stereocenters. The highest BCUT2D eigenvalue weighted by atomic mass is 19.4. The number of halogens is 3. The van der Waals surface area contributed by atoms with Crippen molar-refractivity contribution >= 4 is 17.4 Å². The molecule has 3 heterocycles. The second kappa shape index (κ2) is 7.95. The van der Waals surface area contributed by atoms with Crippen molar-refractivity contribution < 1.29 is 27.4 Å². The van der Waals surface area contributed by atoms with Gasteiger partial charge in [-0.1, -0.05) is 0 Å². The first kappa shape index (κ1) is 21.8. The molecular formula is C21H22F3N5O3. The molecule has 32 heavy (non-hydrogen) atoms. The maximum atomic E-state index is 13.0. The summed E-state index contributed by atoms with van der Waals surface area (Å²) in [6.45, 7) is 7.43. The van der Waals surface area contributed by atoms with Crippen molar-refractivity contribution in [2.75, 3.05) is 11.9 Å². The number of ether oxygens (including phenoxy) is 2. The molecule has 0 saturated heterocycles. The van der Waals surface area contributed by atoms with E-state index >= 15 is 0 Å². The zero-order valence-corrected chi connectivity index (χ0v) is 18.0. The number of amides is 1. The van der Waals surface area contributed by atoms with Gasteiger partial charge in [-0.25, -0.2) is 9.50 Å². The van der Waals surface area contributed by atoms with E-state index in [9.17, 15) is 18.0 Å². The van der Waals surface area contributed by atoms with Crippen molar-refractivity contribution in [2.24, 2.45) is 0 Å². The molecule has 1 aromatic carbocycles. The summed E-state index contributed by atoms with van der Waals surface area (Å²) in [6, 6.07) is 3.59. The Morgan fingerprint density at radius 2 is 2.06 bits per heavy atom. The first-order chi connectivity index (χ1) is 15.1. The van der Waals surface area contributed by atoms with Crippen LogP contribution in [0.1, 0.15) is 42.2 Å². The molecule has 11 heteroatoms. The molecule has 170 valence electrons. The normalized spacial score (nSPS) is 15.5. The molecule has 1 N–H and O–H groups in total. The number of rotatable bonds is 5. The summed E-state index contributed by atoms with van der Waals surface area (Å²) < 4.78 is 51.4. The molecule has 0 saturated carbocycles. The van der Waals surface area contributed by atoms with Gasteiger partial charge in [-0.2, -0.15) is 18.2 Å². The first-order valence-electron chi connectivity index (χ1n) is 10.1. The van der Waals surface area contributed by atoms with Crippen LogP contribution < -0.4 is 14.8 Å². The fourth-order valence-corrected chi connectivity index (χ4v) is 3.75. The third-order valence-corrected chi connectivity index (χ3v) is 5.21. The lowest BCUT2D eigenvalue weighted by molar-refractivity contribution is -0.144. The quantitative estimate of drug-likeness (QED) is 0.639. The maximum Gasteiger partial charge on any atom is 0.453 e. The minimum atomic E-state index is -4.69. The van der Waals surface area contributed by atoms with E-state index in [0.717, 1.165) is 16.5 Å². The Balaban J connectivity index is 1.62. The van der Waals surface area contributed by atoms with Crippen LogP contribution in [0.4, 0.5) is 18.9 Å². The number of hydrogen-bond donors (Lipinski definition) is 1. The van der Waals surface area contributed by atoms with Gasteiger partial charge < -0.3 is 14.8 Å². The van der Waals surface area contributed by atoms with Crippen LogP contribution >= 0.6 is 0 Å². The van der Waals surface area contributed by atoms with Crippen molar-refractivity contribution in [3.8, 4) is 11.5 Å². The molecule has 0 aliphatic carbocycles. The van der Waals surface area contributed by atoms with E-state index in [-0.39, 0.29) is 24.2 Å². The molecule has 4 rings (SSSR count). The summed E-state index contributed by atoms with van der Waals surface area (Å²) in [5.74, 6) is -0.595. The second-order valence-electron chi connectivity index (χ2n) is 7.65. The highest BCUT2D eigenvalue weighted by molar-refractivity contribution is 5.94. The van der Waals surface area contributed by atoms with Gasteiger partial charge in [0.25, 0.3) is 11.6 Å². The number of aromatic nitrogens is 4. The number of anilines is 1.